The van der Waals surface area contributed by atoms with E-state index in [1.54, 1.807) is 30.3 Å². The minimum atomic E-state index is -3.78. The molecule has 1 amide bonds. The van der Waals surface area contributed by atoms with Crippen molar-refractivity contribution in [2.75, 3.05) is 11.3 Å². The number of ether oxygens (including phenoxy) is 1. The molecule has 3 aromatic carbocycles. The van der Waals surface area contributed by atoms with Crippen LogP contribution in [0, 0.1) is 0 Å². The fourth-order valence-electron chi connectivity index (χ4n) is 2.61. The van der Waals surface area contributed by atoms with E-state index in [1.807, 2.05) is 6.92 Å². The summed E-state index contributed by atoms with van der Waals surface area (Å²) in [7, 11) is -3.78. The molecule has 0 heterocycles. The zero-order chi connectivity index (χ0) is 22.3. The summed E-state index contributed by atoms with van der Waals surface area (Å²) >= 11 is 0. The van der Waals surface area contributed by atoms with E-state index in [0.717, 1.165) is 0 Å². The number of phenolic OH excluding ortho intramolecular Hbond substituents is 1. The van der Waals surface area contributed by atoms with E-state index in [-0.39, 0.29) is 10.6 Å². The minimum absolute atomic E-state index is 0.0460. The Kier molecular flexibility index (Phi) is 6.88. The van der Waals surface area contributed by atoms with Gasteiger partial charge in [0.05, 0.1) is 17.7 Å². The van der Waals surface area contributed by atoms with Gasteiger partial charge in [0, 0.05) is 16.8 Å². The number of benzene rings is 3. The van der Waals surface area contributed by atoms with Crippen LogP contribution in [0.2, 0.25) is 0 Å². The molecule has 31 heavy (non-hydrogen) atoms. The second-order valence-electron chi connectivity index (χ2n) is 6.35. The molecule has 0 radical (unpaired) electrons. The molecule has 0 fully saturated rings. The number of amides is 1. The van der Waals surface area contributed by atoms with E-state index in [2.05, 4.69) is 15.2 Å². The number of hydrazone groups is 1. The average Bonchev–Trinajstić information content (AvgIpc) is 2.76. The van der Waals surface area contributed by atoms with Crippen molar-refractivity contribution in [1.29, 1.82) is 0 Å². The van der Waals surface area contributed by atoms with Gasteiger partial charge in [0.1, 0.15) is 11.5 Å². The van der Waals surface area contributed by atoms with E-state index in [1.165, 1.54) is 48.7 Å². The number of hydrogen-bond donors (Lipinski definition) is 3. The van der Waals surface area contributed by atoms with Crippen molar-refractivity contribution in [3.8, 4) is 11.5 Å². The fraction of sp³-hybridized carbons (Fsp3) is 0.0909. The molecule has 3 N–H and O–H groups in total. The Balaban J connectivity index is 1.62. The maximum absolute atomic E-state index is 12.5. The molecule has 9 heteroatoms. The van der Waals surface area contributed by atoms with Gasteiger partial charge in [0.15, 0.2) is 0 Å². The maximum atomic E-state index is 12.5. The molecule has 0 spiro atoms. The van der Waals surface area contributed by atoms with Crippen LogP contribution in [-0.4, -0.2) is 32.3 Å². The normalized spacial score (nSPS) is 11.3. The number of rotatable bonds is 8. The SMILES string of the molecule is CCOc1ccc(S(=O)(=O)Nc2ccc(C(=O)N/N=C/c3ccccc3O)cc2)cc1. The smallest absolute Gasteiger partial charge is 0.271 e. The average molecular weight is 439 g/mol. The van der Waals surface area contributed by atoms with Crippen molar-refractivity contribution in [3.05, 3.63) is 83.9 Å². The fourth-order valence-corrected chi connectivity index (χ4v) is 3.67. The molecule has 0 aliphatic rings. The van der Waals surface area contributed by atoms with E-state index in [9.17, 15) is 18.3 Å². The third kappa shape index (κ3) is 5.83. The molecule has 160 valence electrons. The standard InChI is InChI=1S/C22H21N3O5S/c1-2-30-19-11-13-20(14-12-19)31(28,29)25-18-9-7-16(8-10-18)22(27)24-23-15-17-5-3-4-6-21(17)26/h3-15,25-26H,2H2,1H3,(H,24,27)/b23-15+. The van der Waals surface area contributed by atoms with Gasteiger partial charge in [-0.25, -0.2) is 13.8 Å². The first kappa shape index (κ1) is 21.8. The third-order valence-electron chi connectivity index (χ3n) is 4.15. The van der Waals surface area contributed by atoms with E-state index in [4.69, 9.17) is 4.74 Å². The van der Waals surface area contributed by atoms with Crippen LogP contribution in [0.4, 0.5) is 5.69 Å². The second kappa shape index (κ2) is 9.77. The summed E-state index contributed by atoms with van der Waals surface area (Å²) in [5.74, 6) is 0.152. The quantitative estimate of drug-likeness (QED) is 0.368. The third-order valence-corrected chi connectivity index (χ3v) is 5.55. The Morgan fingerprint density at radius 3 is 2.35 bits per heavy atom. The molecular weight excluding hydrogens is 418 g/mol. The van der Waals surface area contributed by atoms with Crippen LogP contribution < -0.4 is 14.9 Å². The Morgan fingerprint density at radius 2 is 1.71 bits per heavy atom. The first-order valence-corrected chi connectivity index (χ1v) is 10.8. The number of phenols is 1. The number of carbonyl (C=O) groups excluding carboxylic acids is 1. The lowest BCUT2D eigenvalue weighted by molar-refractivity contribution is 0.0955. The monoisotopic (exact) mass is 439 g/mol. The van der Waals surface area contributed by atoms with Crippen LogP contribution in [0.15, 0.2) is 82.8 Å². The summed E-state index contributed by atoms with van der Waals surface area (Å²) in [6.45, 7) is 2.33. The summed E-state index contributed by atoms with van der Waals surface area (Å²) in [6.07, 6.45) is 1.33. The molecule has 3 aromatic rings. The summed E-state index contributed by atoms with van der Waals surface area (Å²) in [5.41, 5.74) is 3.41. The number of aromatic hydroxyl groups is 1. The number of nitrogens with one attached hydrogen (secondary N) is 2. The van der Waals surface area contributed by atoms with E-state index >= 15 is 0 Å². The molecule has 0 unspecified atom stereocenters. The maximum Gasteiger partial charge on any atom is 0.271 e. The van der Waals surface area contributed by atoms with Gasteiger partial charge in [-0.05, 0) is 67.6 Å². The van der Waals surface area contributed by atoms with Gasteiger partial charge in [-0.15, -0.1) is 0 Å². The van der Waals surface area contributed by atoms with Gasteiger partial charge in [0.2, 0.25) is 0 Å². The Bertz CT molecular complexity index is 1170. The highest BCUT2D eigenvalue weighted by Gasteiger charge is 2.14. The molecule has 0 aliphatic heterocycles. The summed E-state index contributed by atoms with van der Waals surface area (Å²) < 4.78 is 32.8. The Morgan fingerprint density at radius 1 is 1.03 bits per heavy atom. The van der Waals surface area contributed by atoms with Crippen LogP contribution in [0.3, 0.4) is 0 Å². The predicted molar refractivity (Wildman–Crippen MR) is 118 cm³/mol. The van der Waals surface area contributed by atoms with Crippen LogP contribution in [0.1, 0.15) is 22.8 Å². The van der Waals surface area contributed by atoms with Crippen LogP contribution >= 0.6 is 0 Å². The lowest BCUT2D eigenvalue weighted by Crippen LogP contribution is -2.18. The Hall–Kier alpha value is -3.85. The lowest BCUT2D eigenvalue weighted by Gasteiger charge is -2.09. The molecule has 0 atom stereocenters. The molecule has 0 saturated heterocycles. The number of sulfonamides is 1. The number of para-hydroxylation sites is 1. The molecule has 0 aromatic heterocycles. The Labute approximate surface area is 180 Å². The molecule has 0 bridgehead atoms. The molecule has 0 saturated carbocycles. The first-order chi connectivity index (χ1) is 14.9. The van der Waals surface area contributed by atoms with Crippen LogP contribution in [0.5, 0.6) is 11.5 Å². The topological polar surface area (TPSA) is 117 Å². The van der Waals surface area contributed by atoms with Gasteiger partial charge in [-0.3, -0.25) is 9.52 Å². The zero-order valence-electron chi connectivity index (χ0n) is 16.6. The highest BCUT2D eigenvalue weighted by Crippen LogP contribution is 2.20. The highest BCUT2D eigenvalue weighted by molar-refractivity contribution is 7.92. The summed E-state index contributed by atoms with van der Waals surface area (Å²) in [4.78, 5) is 12.3. The largest absolute Gasteiger partial charge is 0.507 e. The minimum Gasteiger partial charge on any atom is -0.507 e. The van der Waals surface area contributed by atoms with Gasteiger partial charge >= 0.3 is 0 Å². The molecule has 3 rings (SSSR count). The van der Waals surface area contributed by atoms with Crippen molar-refractivity contribution < 1.29 is 23.1 Å². The summed E-state index contributed by atoms with van der Waals surface area (Å²) in [5, 5.41) is 13.5. The lowest BCUT2D eigenvalue weighted by atomic mass is 10.2. The number of anilines is 1. The first-order valence-electron chi connectivity index (χ1n) is 9.36. The van der Waals surface area contributed by atoms with Crippen LogP contribution in [-0.2, 0) is 10.0 Å². The zero-order valence-corrected chi connectivity index (χ0v) is 17.5. The number of hydrogen-bond acceptors (Lipinski definition) is 6. The van der Waals surface area contributed by atoms with Crippen molar-refractivity contribution in [3.63, 3.8) is 0 Å². The number of nitrogens with zero attached hydrogens (tertiary/aromatic N) is 1. The van der Waals surface area contributed by atoms with E-state index in [0.29, 0.717) is 29.2 Å². The summed E-state index contributed by atoms with van der Waals surface area (Å²) in [6, 6.07) is 18.6. The van der Waals surface area contributed by atoms with Crippen molar-refractivity contribution >= 4 is 27.8 Å². The van der Waals surface area contributed by atoms with Crippen molar-refractivity contribution in [2.45, 2.75) is 11.8 Å². The van der Waals surface area contributed by atoms with E-state index < -0.39 is 15.9 Å². The highest BCUT2D eigenvalue weighted by atomic mass is 32.2. The second-order valence-corrected chi connectivity index (χ2v) is 8.03. The van der Waals surface area contributed by atoms with Gasteiger partial charge in [-0.2, -0.15) is 5.10 Å². The molecule has 8 nitrogen and oxygen atoms in total. The molecule has 0 aliphatic carbocycles. The molecular formula is C22H21N3O5S. The van der Waals surface area contributed by atoms with Gasteiger partial charge in [0.25, 0.3) is 15.9 Å². The van der Waals surface area contributed by atoms with Gasteiger partial charge < -0.3 is 9.84 Å². The predicted octanol–water partition coefficient (Wildman–Crippen LogP) is 3.36. The van der Waals surface area contributed by atoms with Crippen LogP contribution in [0.25, 0.3) is 0 Å². The van der Waals surface area contributed by atoms with Gasteiger partial charge in [-0.1, -0.05) is 12.1 Å². The van der Waals surface area contributed by atoms with Crippen molar-refractivity contribution in [2.24, 2.45) is 5.10 Å². The van der Waals surface area contributed by atoms with Crippen molar-refractivity contribution in [1.82, 2.24) is 5.43 Å². The number of carbonyl (C=O) groups is 1.